The molecule has 0 bridgehead atoms. The average molecular weight is 383 g/mol. The number of likely N-dealkylation sites (N-methyl/N-ethyl adjacent to an activating group) is 1. The van der Waals surface area contributed by atoms with Crippen LogP contribution in [-0.2, 0) is 7.05 Å². The van der Waals surface area contributed by atoms with Crippen LogP contribution in [0.15, 0.2) is 47.3 Å². The lowest BCUT2D eigenvalue weighted by Crippen LogP contribution is -2.50. The number of rotatable bonds is 2. The third kappa shape index (κ3) is 3.33. The van der Waals surface area contributed by atoms with Crippen LogP contribution < -0.4 is 10.5 Å². The largest absolute Gasteiger partial charge is 0.369 e. The van der Waals surface area contributed by atoms with Crippen molar-refractivity contribution in [3.63, 3.8) is 0 Å². The summed E-state index contributed by atoms with van der Waals surface area (Å²) < 4.78 is 1.60. The van der Waals surface area contributed by atoms with Crippen molar-refractivity contribution in [3.8, 4) is 11.4 Å². The van der Waals surface area contributed by atoms with Gasteiger partial charge in [0.2, 0.25) is 0 Å². The molecule has 0 spiro atoms. The lowest BCUT2D eigenvalue weighted by molar-refractivity contribution is 0.234. The molecule has 3 aromatic rings. The first-order valence-electron chi connectivity index (χ1n) is 9.16. The SMILES string of the molecule is CC1CN(c2ccc3nc(-c4cccc(Cl)c4)n(C)c(=O)c3c2)CCN1C. The number of hydrogen-bond donors (Lipinski definition) is 0. The number of halogens is 1. The Hall–Kier alpha value is -2.37. The second kappa shape index (κ2) is 6.98. The molecule has 0 saturated carbocycles. The van der Waals surface area contributed by atoms with Gasteiger partial charge in [0.05, 0.1) is 10.9 Å². The van der Waals surface area contributed by atoms with Crippen molar-refractivity contribution in [1.82, 2.24) is 14.5 Å². The molecule has 0 amide bonds. The minimum atomic E-state index is -0.0426. The summed E-state index contributed by atoms with van der Waals surface area (Å²) in [7, 11) is 3.91. The molecular formula is C21H23ClN4O. The van der Waals surface area contributed by atoms with Crippen molar-refractivity contribution in [1.29, 1.82) is 0 Å². The molecule has 2 heterocycles. The first-order valence-corrected chi connectivity index (χ1v) is 9.54. The van der Waals surface area contributed by atoms with E-state index < -0.39 is 0 Å². The van der Waals surface area contributed by atoms with Crippen LogP contribution in [0.3, 0.4) is 0 Å². The highest BCUT2D eigenvalue weighted by molar-refractivity contribution is 6.30. The van der Waals surface area contributed by atoms with E-state index in [2.05, 4.69) is 29.8 Å². The number of piperazine rings is 1. The number of anilines is 1. The Morgan fingerprint density at radius 2 is 1.93 bits per heavy atom. The molecule has 2 aromatic carbocycles. The molecule has 1 aliphatic rings. The predicted molar refractivity (Wildman–Crippen MR) is 112 cm³/mol. The molecule has 0 aliphatic carbocycles. The van der Waals surface area contributed by atoms with Crippen LogP contribution in [0.1, 0.15) is 6.92 Å². The average Bonchev–Trinajstić information content (AvgIpc) is 2.66. The molecule has 1 atom stereocenters. The zero-order valence-corrected chi connectivity index (χ0v) is 16.6. The third-order valence-electron chi connectivity index (χ3n) is 5.47. The Bertz CT molecular complexity index is 1060. The van der Waals surface area contributed by atoms with E-state index in [9.17, 15) is 4.79 Å². The van der Waals surface area contributed by atoms with Crippen molar-refractivity contribution in [2.75, 3.05) is 31.6 Å². The van der Waals surface area contributed by atoms with Crippen LogP contribution in [0.5, 0.6) is 0 Å². The van der Waals surface area contributed by atoms with Gasteiger partial charge in [-0.05, 0) is 44.3 Å². The maximum absolute atomic E-state index is 13.0. The van der Waals surface area contributed by atoms with E-state index in [1.807, 2.05) is 36.4 Å². The highest BCUT2D eigenvalue weighted by Gasteiger charge is 2.21. The Morgan fingerprint density at radius 1 is 1.11 bits per heavy atom. The molecule has 1 unspecified atom stereocenters. The Labute approximate surface area is 163 Å². The van der Waals surface area contributed by atoms with Crippen molar-refractivity contribution < 1.29 is 0 Å². The Morgan fingerprint density at radius 3 is 2.67 bits per heavy atom. The lowest BCUT2D eigenvalue weighted by atomic mass is 10.1. The predicted octanol–water partition coefficient (Wildman–Crippen LogP) is 3.39. The molecule has 1 fully saturated rings. The molecular weight excluding hydrogens is 360 g/mol. The van der Waals surface area contributed by atoms with Crippen LogP contribution in [-0.4, -0.2) is 47.2 Å². The number of aromatic nitrogens is 2. The molecule has 1 aliphatic heterocycles. The van der Waals surface area contributed by atoms with Crippen LogP contribution >= 0.6 is 11.6 Å². The number of nitrogens with zero attached hydrogens (tertiary/aromatic N) is 4. The van der Waals surface area contributed by atoms with E-state index in [-0.39, 0.29) is 5.56 Å². The summed E-state index contributed by atoms with van der Waals surface area (Å²) in [5, 5.41) is 1.27. The van der Waals surface area contributed by atoms with Crippen LogP contribution in [0.2, 0.25) is 5.02 Å². The fraction of sp³-hybridized carbons (Fsp3) is 0.333. The zero-order valence-electron chi connectivity index (χ0n) is 15.8. The Kier molecular flexibility index (Phi) is 4.66. The standard InChI is InChI=1S/C21H23ClN4O/c1-14-13-26(10-9-24(14)2)17-7-8-19-18(12-17)21(27)25(3)20(23-19)15-5-4-6-16(22)11-15/h4-8,11-12,14H,9-10,13H2,1-3H3. The van der Waals surface area contributed by atoms with E-state index in [0.29, 0.717) is 27.8 Å². The van der Waals surface area contributed by atoms with Gasteiger partial charge in [-0.2, -0.15) is 0 Å². The Balaban J connectivity index is 1.78. The third-order valence-corrected chi connectivity index (χ3v) is 5.70. The number of hydrogen-bond acceptors (Lipinski definition) is 4. The fourth-order valence-corrected chi connectivity index (χ4v) is 3.81. The number of fused-ring (bicyclic) bond motifs is 1. The smallest absolute Gasteiger partial charge is 0.261 e. The van der Waals surface area contributed by atoms with Gasteiger partial charge in [-0.25, -0.2) is 4.98 Å². The van der Waals surface area contributed by atoms with Crippen LogP contribution in [0, 0.1) is 0 Å². The van der Waals surface area contributed by atoms with E-state index in [0.717, 1.165) is 30.9 Å². The van der Waals surface area contributed by atoms with E-state index >= 15 is 0 Å². The summed E-state index contributed by atoms with van der Waals surface area (Å²) in [6.07, 6.45) is 0. The molecule has 6 heteroatoms. The molecule has 27 heavy (non-hydrogen) atoms. The molecule has 140 valence electrons. The fourth-order valence-electron chi connectivity index (χ4n) is 3.62. The maximum Gasteiger partial charge on any atom is 0.261 e. The molecule has 1 saturated heterocycles. The summed E-state index contributed by atoms with van der Waals surface area (Å²) in [4.78, 5) is 22.5. The molecule has 5 nitrogen and oxygen atoms in total. The van der Waals surface area contributed by atoms with Gasteiger partial charge >= 0.3 is 0 Å². The van der Waals surface area contributed by atoms with E-state index in [1.165, 1.54) is 0 Å². The molecule has 0 N–H and O–H groups in total. The first-order chi connectivity index (χ1) is 12.9. The van der Waals surface area contributed by atoms with E-state index in [1.54, 1.807) is 11.6 Å². The second-order valence-electron chi connectivity index (χ2n) is 7.29. The highest BCUT2D eigenvalue weighted by atomic mass is 35.5. The minimum absolute atomic E-state index is 0.0426. The summed E-state index contributed by atoms with van der Waals surface area (Å²) in [5.41, 5.74) is 2.58. The van der Waals surface area contributed by atoms with Gasteiger partial charge in [0.25, 0.3) is 5.56 Å². The summed E-state index contributed by atoms with van der Waals surface area (Å²) in [6.45, 7) is 5.16. The highest BCUT2D eigenvalue weighted by Crippen LogP contribution is 2.25. The van der Waals surface area contributed by atoms with Gasteiger partial charge in [-0.15, -0.1) is 0 Å². The number of benzene rings is 2. The summed E-state index contributed by atoms with van der Waals surface area (Å²) in [5.74, 6) is 0.621. The molecule has 1 aromatic heterocycles. The second-order valence-corrected chi connectivity index (χ2v) is 7.72. The van der Waals surface area contributed by atoms with Gasteiger partial charge < -0.3 is 9.80 Å². The van der Waals surface area contributed by atoms with Crippen LogP contribution in [0.25, 0.3) is 22.3 Å². The zero-order chi connectivity index (χ0) is 19.1. The normalized spacial score (nSPS) is 18.2. The summed E-state index contributed by atoms with van der Waals surface area (Å²) in [6, 6.07) is 13.9. The monoisotopic (exact) mass is 382 g/mol. The van der Waals surface area contributed by atoms with Gasteiger partial charge in [-0.3, -0.25) is 9.36 Å². The van der Waals surface area contributed by atoms with Crippen LogP contribution in [0.4, 0.5) is 5.69 Å². The lowest BCUT2D eigenvalue weighted by Gasteiger charge is -2.39. The van der Waals surface area contributed by atoms with Gasteiger partial charge in [-0.1, -0.05) is 23.7 Å². The van der Waals surface area contributed by atoms with Crippen molar-refractivity contribution in [3.05, 3.63) is 57.8 Å². The molecule has 0 radical (unpaired) electrons. The van der Waals surface area contributed by atoms with Gasteiger partial charge in [0.1, 0.15) is 5.82 Å². The molecule has 4 rings (SSSR count). The van der Waals surface area contributed by atoms with Crippen molar-refractivity contribution >= 4 is 28.2 Å². The quantitative estimate of drug-likeness (QED) is 0.681. The minimum Gasteiger partial charge on any atom is -0.369 e. The van der Waals surface area contributed by atoms with Gasteiger partial charge in [0, 0.05) is 49.0 Å². The maximum atomic E-state index is 13.0. The van der Waals surface area contributed by atoms with Crippen molar-refractivity contribution in [2.45, 2.75) is 13.0 Å². The topological polar surface area (TPSA) is 41.4 Å². The first kappa shape index (κ1) is 18.0. The van der Waals surface area contributed by atoms with Crippen molar-refractivity contribution in [2.24, 2.45) is 7.05 Å². The summed E-state index contributed by atoms with van der Waals surface area (Å²) >= 11 is 6.11. The van der Waals surface area contributed by atoms with E-state index in [4.69, 9.17) is 16.6 Å². The van der Waals surface area contributed by atoms with Gasteiger partial charge in [0.15, 0.2) is 0 Å².